The van der Waals surface area contributed by atoms with E-state index in [1.54, 1.807) is 24.3 Å². The quantitative estimate of drug-likeness (QED) is 0.281. The maximum Gasteiger partial charge on any atom is 0.349 e. The molecule has 0 spiro atoms. The van der Waals surface area contributed by atoms with Crippen molar-refractivity contribution in [2.45, 2.75) is 13.8 Å². The Kier molecular flexibility index (Phi) is 5.36. The molecule has 4 rings (SSSR count). The summed E-state index contributed by atoms with van der Waals surface area (Å²) < 4.78 is 17.6. The van der Waals surface area contributed by atoms with E-state index >= 15 is 0 Å². The first-order valence-electron chi connectivity index (χ1n) is 9.05. The number of benzene rings is 3. The van der Waals surface area contributed by atoms with Crippen LogP contribution in [0.15, 0.2) is 69.6 Å². The number of nitrogens with zero attached hydrogens (tertiary/aromatic N) is 1. The van der Waals surface area contributed by atoms with E-state index in [2.05, 4.69) is 27.0 Å². The summed E-state index contributed by atoms with van der Waals surface area (Å²) in [7, 11) is 0. The lowest BCUT2D eigenvalue weighted by atomic mass is 10.1. The molecule has 0 N–H and O–H groups in total. The smallest absolute Gasteiger partial charge is 0.349 e. The van der Waals surface area contributed by atoms with E-state index in [4.69, 9.17) is 13.9 Å². The van der Waals surface area contributed by atoms with Gasteiger partial charge in [0, 0.05) is 10.0 Å². The minimum atomic E-state index is -0.478. The third-order valence-electron chi connectivity index (χ3n) is 4.32. The largest absolute Gasteiger partial charge is 0.482 e. The highest BCUT2D eigenvalue weighted by molar-refractivity contribution is 9.10. The number of carbonyl (C=O) groups excluding carboxylic acids is 1. The van der Waals surface area contributed by atoms with Crippen molar-refractivity contribution < 1.29 is 18.7 Å². The Morgan fingerprint density at radius 2 is 1.69 bits per heavy atom. The zero-order valence-electron chi connectivity index (χ0n) is 15.9. The molecule has 0 saturated heterocycles. The lowest BCUT2D eigenvalue weighted by Crippen LogP contribution is -2.17. The number of hydrogen-bond acceptors (Lipinski definition) is 5. The second-order valence-corrected chi connectivity index (χ2v) is 7.61. The molecule has 3 aromatic carbocycles. The predicted molar refractivity (Wildman–Crippen MR) is 114 cm³/mol. The van der Waals surface area contributed by atoms with Crippen molar-refractivity contribution in [3.8, 4) is 23.0 Å². The second kappa shape index (κ2) is 8.09. The first kappa shape index (κ1) is 19.2. The first-order chi connectivity index (χ1) is 14.0. The molecule has 0 aliphatic rings. The van der Waals surface area contributed by atoms with E-state index < -0.39 is 5.97 Å². The maximum absolute atomic E-state index is 12.0. The van der Waals surface area contributed by atoms with Gasteiger partial charge in [-0.1, -0.05) is 22.0 Å². The summed E-state index contributed by atoms with van der Waals surface area (Å²) in [6.07, 6.45) is 0. The van der Waals surface area contributed by atoms with Crippen LogP contribution < -0.4 is 9.47 Å². The molecule has 0 unspecified atom stereocenters. The van der Waals surface area contributed by atoms with Gasteiger partial charge in [0.2, 0.25) is 5.89 Å². The van der Waals surface area contributed by atoms with E-state index in [1.807, 2.05) is 44.2 Å². The number of ether oxygens (including phenoxy) is 2. The summed E-state index contributed by atoms with van der Waals surface area (Å²) in [6, 6.07) is 18.3. The predicted octanol–water partition coefficient (Wildman–Crippen LogP) is 5.86. The third kappa shape index (κ3) is 4.49. The number of aromatic nitrogens is 1. The van der Waals surface area contributed by atoms with Crippen molar-refractivity contribution in [3.05, 3.63) is 76.3 Å². The molecular formula is C23H18BrNO4. The van der Waals surface area contributed by atoms with Gasteiger partial charge in [-0.05, 0) is 79.6 Å². The van der Waals surface area contributed by atoms with Crippen LogP contribution in [0, 0.1) is 13.8 Å². The van der Waals surface area contributed by atoms with Crippen LogP contribution in [0.25, 0.3) is 22.6 Å². The summed E-state index contributed by atoms with van der Waals surface area (Å²) in [5.41, 5.74) is 4.62. The van der Waals surface area contributed by atoms with Crippen LogP contribution >= 0.6 is 15.9 Å². The Bertz CT molecular complexity index is 1160. The number of fused-ring (bicyclic) bond motifs is 1. The van der Waals surface area contributed by atoms with E-state index in [0.29, 0.717) is 17.4 Å². The highest BCUT2D eigenvalue weighted by atomic mass is 79.9. The van der Waals surface area contributed by atoms with Gasteiger partial charge in [0.25, 0.3) is 0 Å². The van der Waals surface area contributed by atoms with E-state index in [1.165, 1.54) is 0 Å². The van der Waals surface area contributed by atoms with E-state index in [9.17, 15) is 4.79 Å². The third-order valence-corrected chi connectivity index (χ3v) is 4.85. The number of carbonyl (C=O) groups is 1. The molecule has 5 nitrogen and oxygen atoms in total. The number of halogens is 1. The van der Waals surface area contributed by atoms with Gasteiger partial charge in [0.15, 0.2) is 12.2 Å². The molecule has 1 aromatic heterocycles. The molecule has 0 saturated carbocycles. The minimum absolute atomic E-state index is 0.173. The van der Waals surface area contributed by atoms with Crippen LogP contribution in [0.1, 0.15) is 11.1 Å². The van der Waals surface area contributed by atoms with Gasteiger partial charge in [-0.2, -0.15) is 0 Å². The molecule has 0 atom stereocenters. The summed E-state index contributed by atoms with van der Waals surface area (Å²) >= 11 is 3.35. The van der Waals surface area contributed by atoms with Crippen LogP contribution in [-0.2, 0) is 4.79 Å². The summed E-state index contributed by atoms with van der Waals surface area (Å²) in [6.45, 7) is 3.86. The van der Waals surface area contributed by atoms with Crippen molar-refractivity contribution in [2.75, 3.05) is 6.61 Å². The minimum Gasteiger partial charge on any atom is -0.482 e. The Hall–Kier alpha value is -3.12. The number of hydrogen-bond donors (Lipinski definition) is 0. The van der Waals surface area contributed by atoms with Crippen molar-refractivity contribution in [2.24, 2.45) is 0 Å². The molecule has 6 heteroatoms. The van der Waals surface area contributed by atoms with Crippen molar-refractivity contribution in [3.63, 3.8) is 0 Å². The van der Waals surface area contributed by atoms with Crippen LogP contribution in [0.2, 0.25) is 0 Å². The maximum atomic E-state index is 12.0. The molecule has 0 bridgehead atoms. The van der Waals surface area contributed by atoms with Crippen LogP contribution in [0.4, 0.5) is 0 Å². The fraction of sp³-hybridized carbons (Fsp3) is 0.130. The number of oxazole rings is 1. The molecule has 0 aliphatic carbocycles. The molecule has 1 heterocycles. The molecule has 0 amide bonds. The fourth-order valence-electron chi connectivity index (χ4n) is 3.00. The fourth-order valence-corrected chi connectivity index (χ4v) is 3.26. The van der Waals surface area contributed by atoms with Gasteiger partial charge in [0.05, 0.1) is 0 Å². The number of aryl methyl sites for hydroxylation is 2. The molecule has 0 fully saturated rings. The van der Waals surface area contributed by atoms with Crippen molar-refractivity contribution >= 4 is 33.0 Å². The van der Waals surface area contributed by atoms with Gasteiger partial charge < -0.3 is 13.9 Å². The van der Waals surface area contributed by atoms with E-state index in [0.717, 1.165) is 32.3 Å². The van der Waals surface area contributed by atoms with Crippen LogP contribution in [0.3, 0.4) is 0 Å². The van der Waals surface area contributed by atoms with Crippen LogP contribution in [0.5, 0.6) is 11.5 Å². The van der Waals surface area contributed by atoms with Gasteiger partial charge in [-0.3, -0.25) is 0 Å². The van der Waals surface area contributed by atoms with Gasteiger partial charge in [-0.25, -0.2) is 9.78 Å². The molecule has 0 radical (unpaired) electrons. The summed E-state index contributed by atoms with van der Waals surface area (Å²) in [5, 5.41) is 0. The molecule has 29 heavy (non-hydrogen) atoms. The lowest BCUT2D eigenvalue weighted by molar-refractivity contribution is -0.136. The standard InChI is InChI=1S/C23H18BrNO4/c1-14-11-15(2)22-20(12-14)25-23(29-22)16-3-7-19(8-4-16)28-21(26)13-27-18-9-5-17(24)6-10-18/h3-12H,13H2,1-2H3. The van der Waals surface area contributed by atoms with Crippen LogP contribution in [-0.4, -0.2) is 17.6 Å². The van der Waals surface area contributed by atoms with Gasteiger partial charge in [0.1, 0.15) is 17.0 Å². The topological polar surface area (TPSA) is 61.6 Å². The molecule has 0 aliphatic heterocycles. The molecular weight excluding hydrogens is 434 g/mol. The number of rotatable bonds is 5. The Morgan fingerprint density at radius 3 is 2.41 bits per heavy atom. The first-order valence-corrected chi connectivity index (χ1v) is 9.84. The Labute approximate surface area is 176 Å². The molecule has 146 valence electrons. The normalized spacial score (nSPS) is 10.9. The second-order valence-electron chi connectivity index (χ2n) is 6.69. The zero-order valence-corrected chi connectivity index (χ0v) is 17.5. The average molecular weight is 452 g/mol. The highest BCUT2D eigenvalue weighted by Crippen LogP contribution is 2.28. The lowest BCUT2D eigenvalue weighted by Gasteiger charge is -2.07. The van der Waals surface area contributed by atoms with Crippen molar-refractivity contribution in [1.29, 1.82) is 0 Å². The SMILES string of the molecule is Cc1cc(C)c2oc(-c3ccc(OC(=O)COc4ccc(Br)cc4)cc3)nc2c1. The summed E-state index contributed by atoms with van der Waals surface area (Å²) in [5.74, 6) is 1.09. The zero-order chi connectivity index (χ0) is 20.4. The monoisotopic (exact) mass is 451 g/mol. The number of esters is 1. The van der Waals surface area contributed by atoms with Crippen molar-refractivity contribution in [1.82, 2.24) is 4.98 Å². The Morgan fingerprint density at radius 1 is 1.00 bits per heavy atom. The summed E-state index contributed by atoms with van der Waals surface area (Å²) in [4.78, 5) is 16.6. The van der Waals surface area contributed by atoms with Gasteiger partial charge >= 0.3 is 5.97 Å². The Balaban J connectivity index is 1.42. The average Bonchev–Trinajstić information content (AvgIpc) is 3.12. The van der Waals surface area contributed by atoms with E-state index in [-0.39, 0.29) is 6.61 Å². The highest BCUT2D eigenvalue weighted by Gasteiger charge is 2.12. The molecule has 4 aromatic rings. The van der Waals surface area contributed by atoms with Gasteiger partial charge in [-0.15, -0.1) is 0 Å².